The van der Waals surface area contributed by atoms with E-state index in [1.807, 2.05) is 0 Å². The molecule has 2 aromatic rings. The third kappa shape index (κ3) is 4.36. The van der Waals surface area contributed by atoms with Crippen LogP contribution in [0.1, 0.15) is 6.92 Å². The molecule has 0 aliphatic heterocycles. The number of aromatic nitrogens is 2. The predicted molar refractivity (Wildman–Crippen MR) is 85.1 cm³/mol. The number of hydrogen-bond acceptors (Lipinski definition) is 6. The van der Waals surface area contributed by atoms with Gasteiger partial charge in [0.15, 0.2) is 23.3 Å². The molecule has 2 radical (unpaired) electrons. The number of amides is 1. The summed E-state index contributed by atoms with van der Waals surface area (Å²) in [5.74, 6) is -2.43. The van der Waals surface area contributed by atoms with Crippen molar-refractivity contribution in [3.05, 3.63) is 42.5 Å². The third-order valence-electron chi connectivity index (χ3n) is 3.06. The molecule has 7 nitrogen and oxygen atoms in total. The van der Waals surface area contributed by atoms with Crippen LogP contribution >= 0.6 is 0 Å². The van der Waals surface area contributed by atoms with Gasteiger partial charge in [-0.05, 0) is 31.2 Å². The molecule has 1 amide bonds. The molecule has 2 N–H and O–H groups in total. The molecule has 0 aliphatic rings. The number of halogens is 1. The first-order valence-corrected chi connectivity index (χ1v) is 8.35. The Morgan fingerprint density at radius 1 is 1.29 bits per heavy atom. The van der Waals surface area contributed by atoms with Crippen molar-refractivity contribution in [3.63, 3.8) is 0 Å². The molecular formula is C14H13BFN3O4S. The summed E-state index contributed by atoms with van der Waals surface area (Å²) in [4.78, 5) is 19.2. The number of anilines is 1. The molecule has 0 aliphatic carbocycles. The van der Waals surface area contributed by atoms with Gasteiger partial charge in [-0.1, -0.05) is 0 Å². The lowest BCUT2D eigenvalue weighted by Crippen LogP contribution is -2.45. The fourth-order valence-corrected chi connectivity index (χ4v) is 3.42. The van der Waals surface area contributed by atoms with Crippen LogP contribution in [0, 0.1) is 5.82 Å². The minimum atomic E-state index is -4.01. The molecule has 1 aromatic carbocycles. The van der Waals surface area contributed by atoms with E-state index < -0.39 is 32.9 Å². The molecule has 1 heterocycles. The second kappa shape index (κ2) is 6.66. The van der Waals surface area contributed by atoms with E-state index in [4.69, 9.17) is 7.85 Å². The Kier molecular flexibility index (Phi) is 5.00. The van der Waals surface area contributed by atoms with Gasteiger partial charge in [0.25, 0.3) is 5.91 Å². The summed E-state index contributed by atoms with van der Waals surface area (Å²) in [6.07, 6.45) is 2.43. The van der Waals surface area contributed by atoms with E-state index in [1.54, 1.807) is 0 Å². The molecule has 0 fully saturated rings. The highest BCUT2D eigenvalue weighted by atomic mass is 32.2. The van der Waals surface area contributed by atoms with Crippen molar-refractivity contribution in [2.45, 2.75) is 17.4 Å². The summed E-state index contributed by atoms with van der Waals surface area (Å²) in [7, 11) is 1.30. The van der Waals surface area contributed by atoms with Crippen LogP contribution in [0.5, 0.6) is 0 Å². The molecule has 1 atom stereocenters. The van der Waals surface area contributed by atoms with Gasteiger partial charge in [-0.25, -0.2) is 12.8 Å². The van der Waals surface area contributed by atoms with E-state index in [1.165, 1.54) is 12.4 Å². The monoisotopic (exact) mass is 349 g/mol. The molecule has 0 spiro atoms. The third-order valence-corrected chi connectivity index (χ3v) is 5.00. The lowest BCUT2D eigenvalue weighted by atomic mass is 10.1. The lowest BCUT2D eigenvalue weighted by molar-refractivity contribution is -0.130. The number of carbonyl (C=O) groups excluding carboxylic acids is 1. The summed E-state index contributed by atoms with van der Waals surface area (Å²) in [5.41, 5.74) is -2.08. The predicted octanol–water partition coefficient (Wildman–Crippen LogP) is -0.427. The van der Waals surface area contributed by atoms with Crippen LogP contribution in [-0.4, -0.2) is 48.6 Å². The molecule has 0 unspecified atom stereocenters. The van der Waals surface area contributed by atoms with Crippen molar-refractivity contribution in [1.82, 2.24) is 9.97 Å². The lowest BCUT2D eigenvalue weighted by Gasteiger charge is -2.22. The van der Waals surface area contributed by atoms with Crippen LogP contribution in [0.15, 0.2) is 41.6 Å². The average Bonchev–Trinajstić information content (AvgIpc) is 2.49. The SMILES string of the molecule is [B]c1ncc(NC(=O)[C@@](C)(O)CS(=O)(=O)c2ccc(F)cc2)cn1. The van der Waals surface area contributed by atoms with Crippen molar-refractivity contribution in [2.75, 3.05) is 11.1 Å². The van der Waals surface area contributed by atoms with Crippen molar-refractivity contribution < 1.29 is 22.7 Å². The fourth-order valence-electron chi connectivity index (χ4n) is 1.83. The van der Waals surface area contributed by atoms with Crippen LogP contribution in [-0.2, 0) is 14.6 Å². The molecule has 0 saturated heterocycles. The minimum Gasteiger partial charge on any atom is -0.379 e. The Balaban J connectivity index is 2.15. The minimum absolute atomic E-state index is 0.00125. The van der Waals surface area contributed by atoms with Gasteiger partial charge in [-0.2, -0.15) is 0 Å². The van der Waals surface area contributed by atoms with Crippen LogP contribution in [0.2, 0.25) is 0 Å². The number of aliphatic hydroxyl groups is 1. The molecule has 1 aromatic heterocycles. The van der Waals surface area contributed by atoms with Crippen molar-refractivity contribution in [2.24, 2.45) is 0 Å². The van der Waals surface area contributed by atoms with Gasteiger partial charge in [0.05, 0.1) is 34.5 Å². The molecule has 0 bridgehead atoms. The van der Waals surface area contributed by atoms with Crippen molar-refractivity contribution in [3.8, 4) is 0 Å². The van der Waals surface area contributed by atoms with Gasteiger partial charge in [0.1, 0.15) is 5.82 Å². The van der Waals surface area contributed by atoms with E-state index in [2.05, 4.69) is 15.3 Å². The topological polar surface area (TPSA) is 109 Å². The highest BCUT2D eigenvalue weighted by molar-refractivity contribution is 7.91. The Hall–Kier alpha value is -2.33. The van der Waals surface area contributed by atoms with Gasteiger partial charge < -0.3 is 10.4 Å². The van der Waals surface area contributed by atoms with Crippen LogP contribution in [0.4, 0.5) is 10.1 Å². The van der Waals surface area contributed by atoms with Crippen LogP contribution in [0.3, 0.4) is 0 Å². The van der Waals surface area contributed by atoms with Crippen molar-refractivity contribution in [1.29, 1.82) is 0 Å². The summed E-state index contributed by atoms with van der Waals surface area (Å²) in [6.45, 7) is 1.06. The van der Waals surface area contributed by atoms with Gasteiger partial charge in [-0.3, -0.25) is 14.8 Å². The first-order valence-electron chi connectivity index (χ1n) is 6.70. The molecule has 10 heteroatoms. The largest absolute Gasteiger partial charge is 0.379 e. The summed E-state index contributed by atoms with van der Waals surface area (Å²) >= 11 is 0. The first kappa shape index (κ1) is 18.0. The van der Waals surface area contributed by atoms with E-state index in [0.29, 0.717) is 0 Å². The van der Waals surface area contributed by atoms with Crippen LogP contribution < -0.4 is 11.0 Å². The zero-order chi connectivity index (χ0) is 18.0. The average molecular weight is 349 g/mol. The van der Waals surface area contributed by atoms with Crippen molar-refractivity contribution >= 4 is 35.0 Å². The molecule has 2 rings (SSSR count). The zero-order valence-electron chi connectivity index (χ0n) is 12.6. The maximum atomic E-state index is 12.9. The van der Waals surface area contributed by atoms with Gasteiger partial charge >= 0.3 is 0 Å². The fraction of sp³-hybridized carbons (Fsp3) is 0.214. The number of hydrogen-bond donors (Lipinski definition) is 2. The Bertz CT molecular complexity index is 839. The molecule has 124 valence electrons. The standard InChI is InChI=1S/C14H13BFN3O4S/c1-14(21,12(20)19-10-6-17-13(15)18-7-10)8-24(22,23)11-4-2-9(16)3-5-11/h2-7,21H,8H2,1H3,(H,19,20)/t14-/m0/s1. The highest BCUT2D eigenvalue weighted by Gasteiger charge is 2.36. The highest BCUT2D eigenvalue weighted by Crippen LogP contribution is 2.18. The van der Waals surface area contributed by atoms with E-state index >= 15 is 0 Å². The quantitative estimate of drug-likeness (QED) is 0.560. The smallest absolute Gasteiger partial charge is 0.257 e. The maximum absolute atomic E-state index is 12.9. The van der Waals surface area contributed by atoms with E-state index in [-0.39, 0.29) is 16.3 Å². The normalized spacial score (nSPS) is 14.0. The summed E-state index contributed by atoms with van der Waals surface area (Å²) in [6, 6.07) is 4.08. The first-order chi connectivity index (χ1) is 11.1. The zero-order valence-corrected chi connectivity index (χ0v) is 13.4. The number of rotatable bonds is 5. The number of sulfone groups is 1. The van der Waals surface area contributed by atoms with E-state index in [0.717, 1.165) is 31.2 Å². The van der Waals surface area contributed by atoms with Gasteiger partial charge in [0.2, 0.25) is 0 Å². The number of carbonyl (C=O) groups is 1. The molecule has 0 saturated carbocycles. The second-order valence-electron chi connectivity index (χ2n) is 5.27. The Labute approximate surface area is 139 Å². The second-order valence-corrected chi connectivity index (χ2v) is 7.26. The Morgan fingerprint density at radius 2 is 1.83 bits per heavy atom. The molecule has 24 heavy (non-hydrogen) atoms. The summed E-state index contributed by atoms with van der Waals surface area (Å²) in [5, 5.41) is 12.5. The number of nitrogens with one attached hydrogen (secondary N) is 1. The van der Waals surface area contributed by atoms with E-state index in [9.17, 15) is 22.7 Å². The molecular weight excluding hydrogens is 336 g/mol. The van der Waals surface area contributed by atoms with Gasteiger partial charge in [0, 0.05) is 0 Å². The summed E-state index contributed by atoms with van der Waals surface area (Å²) < 4.78 is 37.4. The number of nitrogens with zero attached hydrogens (tertiary/aromatic N) is 2. The van der Waals surface area contributed by atoms with Crippen LogP contribution in [0.25, 0.3) is 0 Å². The van der Waals surface area contributed by atoms with Gasteiger partial charge in [-0.15, -0.1) is 0 Å². The maximum Gasteiger partial charge on any atom is 0.257 e. The number of benzene rings is 1. The Morgan fingerprint density at radius 3 is 2.38 bits per heavy atom.